The molecule has 0 aromatic heterocycles. The molecule has 0 saturated heterocycles. The minimum atomic E-state index is 0.422. The molecule has 0 aliphatic heterocycles. The molecule has 3 aliphatic carbocycles. The number of hydrogen-bond acceptors (Lipinski definition) is 2. The van der Waals surface area contributed by atoms with Gasteiger partial charge in [0.05, 0.1) is 12.7 Å². The fourth-order valence-corrected chi connectivity index (χ4v) is 4.98. The summed E-state index contributed by atoms with van der Waals surface area (Å²) in [5.41, 5.74) is 0.904. The number of ether oxygens (including phenoxy) is 1. The van der Waals surface area contributed by atoms with E-state index in [0.29, 0.717) is 16.9 Å². The number of hydrogen-bond donors (Lipinski definition) is 1. The molecule has 0 aromatic carbocycles. The summed E-state index contributed by atoms with van der Waals surface area (Å²) in [6.45, 7) is 9.34. The number of nitrogens with one attached hydrogen (secondary N) is 1. The Balaban J connectivity index is 1.44. The molecule has 0 heterocycles. The maximum atomic E-state index is 6.27. The summed E-state index contributed by atoms with van der Waals surface area (Å²) >= 11 is 0. The maximum absolute atomic E-state index is 6.27. The van der Waals surface area contributed by atoms with Crippen LogP contribution in [0.1, 0.15) is 65.7 Å². The van der Waals surface area contributed by atoms with Gasteiger partial charge in [-0.05, 0) is 48.9 Å². The van der Waals surface area contributed by atoms with Crippen LogP contribution in [0.25, 0.3) is 0 Å². The summed E-state index contributed by atoms with van der Waals surface area (Å²) in [5, 5.41) is 3.66. The van der Waals surface area contributed by atoms with Crippen LogP contribution in [0, 0.1) is 16.7 Å². The van der Waals surface area contributed by atoms with E-state index in [0.717, 1.165) is 25.1 Å². The molecule has 2 nitrogen and oxygen atoms in total. The van der Waals surface area contributed by atoms with Gasteiger partial charge in [0.25, 0.3) is 0 Å². The molecule has 3 atom stereocenters. The third-order valence-corrected chi connectivity index (χ3v) is 6.92. The maximum Gasteiger partial charge on any atom is 0.0637 e. The largest absolute Gasteiger partial charge is 0.376 e. The quantitative estimate of drug-likeness (QED) is 0.764. The highest BCUT2D eigenvalue weighted by Crippen LogP contribution is 2.66. The van der Waals surface area contributed by atoms with Crippen molar-refractivity contribution < 1.29 is 4.74 Å². The minimum Gasteiger partial charge on any atom is -0.376 e. The topological polar surface area (TPSA) is 21.3 Å². The molecule has 3 unspecified atom stereocenters. The van der Waals surface area contributed by atoms with Gasteiger partial charge in [0.15, 0.2) is 0 Å². The van der Waals surface area contributed by atoms with Gasteiger partial charge >= 0.3 is 0 Å². The van der Waals surface area contributed by atoms with Gasteiger partial charge in [-0.15, -0.1) is 0 Å². The van der Waals surface area contributed by atoms with E-state index in [1.165, 1.54) is 44.9 Å². The molecule has 0 amide bonds. The van der Waals surface area contributed by atoms with Crippen LogP contribution < -0.4 is 5.32 Å². The van der Waals surface area contributed by atoms with Crippen molar-refractivity contribution in [3.05, 3.63) is 0 Å². The van der Waals surface area contributed by atoms with Crippen molar-refractivity contribution >= 4 is 0 Å². The van der Waals surface area contributed by atoms with Crippen LogP contribution in [0.5, 0.6) is 0 Å². The van der Waals surface area contributed by atoms with E-state index < -0.39 is 0 Å². The Bertz CT molecular complexity index is 321. The van der Waals surface area contributed by atoms with Crippen LogP contribution >= 0.6 is 0 Å². The average Bonchev–Trinajstić information content (AvgIpc) is 3.00. The first-order valence-corrected chi connectivity index (χ1v) is 8.39. The van der Waals surface area contributed by atoms with Crippen molar-refractivity contribution in [3.63, 3.8) is 0 Å². The molecule has 1 N–H and O–H groups in total. The summed E-state index contributed by atoms with van der Waals surface area (Å²) in [4.78, 5) is 0. The van der Waals surface area contributed by atoms with E-state index in [4.69, 9.17) is 4.74 Å². The highest BCUT2D eigenvalue weighted by Gasteiger charge is 2.61. The Morgan fingerprint density at radius 3 is 2.42 bits per heavy atom. The van der Waals surface area contributed by atoms with Gasteiger partial charge in [-0.25, -0.2) is 0 Å². The molecule has 3 aliphatic rings. The molecule has 19 heavy (non-hydrogen) atoms. The lowest BCUT2D eigenvalue weighted by molar-refractivity contribution is -0.0453. The molecular formula is C17H31NO. The first-order chi connectivity index (χ1) is 9.04. The van der Waals surface area contributed by atoms with Crippen LogP contribution in [0.2, 0.25) is 0 Å². The van der Waals surface area contributed by atoms with E-state index in [1.807, 2.05) is 0 Å². The fourth-order valence-electron chi connectivity index (χ4n) is 4.98. The van der Waals surface area contributed by atoms with Gasteiger partial charge < -0.3 is 10.1 Å². The summed E-state index contributed by atoms with van der Waals surface area (Å²) in [6.07, 6.45) is 10.2. The third-order valence-electron chi connectivity index (χ3n) is 6.92. The second-order valence-electron chi connectivity index (χ2n) is 7.91. The Morgan fingerprint density at radius 1 is 1.11 bits per heavy atom. The lowest BCUT2D eigenvalue weighted by Crippen LogP contribution is -2.39. The van der Waals surface area contributed by atoms with Crippen molar-refractivity contribution in [2.75, 3.05) is 13.2 Å². The SMILES string of the molecule is CC1(C)C2CCC1(C)C(OCCNC1CCCC1)C2. The molecule has 0 spiro atoms. The van der Waals surface area contributed by atoms with Crippen LogP contribution in [-0.2, 0) is 4.74 Å². The molecule has 2 heteroatoms. The standard InChI is InChI=1S/C17H31NO/c1-16(2)13-8-9-17(16,3)15(12-13)19-11-10-18-14-6-4-5-7-14/h13-15,18H,4-12H2,1-3H3. The summed E-state index contributed by atoms with van der Waals surface area (Å²) in [5.74, 6) is 0.894. The second kappa shape index (κ2) is 5.04. The normalized spacial score (nSPS) is 41.2. The predicted octanol–water partition coefficient (Wildman–Crippen LogP) is 3.75. The van der Waals surface area contributed by atoms with E-state index in [-0.39, 0.29) is 0 Å². The molecule has 0 aromatic rings. The molecule has 2 bridgehead atoms. The van der Waals surface area contributed by atoms with Crippen molar-refractivity contribution in [2.45, 2.75) is 77.9 Å². The van der Waals surface area contributed by atoms with E-state index in [9.17, 15) is 0 Å². The smallest absolute Gasteiger partial charge is 0.0637 e. The van der Waals surface area contributed by atoms with Gasteiger partial charge in [-0.3, -0.25) is 0 Å². The Kier molecular flexibility index (Phi) is 3.68. The van der Waals surface area contributed by atoms with Crippen molar-refractivity contribution in [2.24, 2.45) is 16.7 Å². The van der Waals surface area contributed by atoms with Gasteiger partial charge in [0.1, 0.15) is 0 Å². The van der Waals surface area contributed by atoms with Crippen molar-refractivity contribution in [3.8, 4) is 0 Å². The van der Waals surface area contributed by atoms with Gasteiger partial charge in [0, 0.05) is 12.6 Å². The summed E-state index contributed by atoms with van der Waals surface area (Å²) in [7, 11) is 0. The molecule has 3 fully saturated rings. The Labute approximate surface area is 118 Å². The lowest BCUT2D eigenvalue weighted by Gasteiger charge is -2.39. The molecule has 3 saturated carbocycles. The van der Waals surface area contributed by atoms with Crippen molar-refractivity contribution in [1.82, 2.24) is 5.32 Å². The van der Waals surface area contributed by atoms with Crippen LogP contribution in [0.3, 0.4) is 0 Å². The Morgan fingerprint density at radius 2 is 1.84 bits per heavy atom. The zero-order valence-electron chi connectivity index (χ0n) is 13.0. The fraction of sp³-hybridized carbons (Fsp3) is 1.00. The minimum absolute atomic E-state index is 0.422. The van der Waals surface area contributed by atoms with Gasteiger partial charge in [-0.2, -0.15) is 0 Å². The van der Waals surface area contributed by atoms with Crippen molar-refractivity contribution in [1.29, 1.82) is 0 Å². The lowest BCUT2D eigenvalue weighted by atomic mass is 9.70. The zero-order valence-corrected chi connectivity index (χ0v) is 13.0. The zero-order chi connectivity index (χ0) is 13.5. The first-order valence-electron chi connectivity index (χ1n) is 8.39. The Hall–Kier alpha value is -0.0800. The van der Waals surface area contributed by atoms with Crippen LogP contribution in [0.4, 0.5) is 0 Å². The average molecular weight is 265 g/mol. The van der Waals surface area contributed by atoms with E-state index in [1.54, 1.807) is 0 Å². The summed E-state index contributed by atoms with van der Waals surface area (Å²) in [6, 6.07) is 0.774. The first kappa shape index (κ1) is 13.9. The van der Waals surface area contributed by atoms with Gasteiger partial charge in [-0.1, -0.05) is 33.6 Å². The van der Waals surface area contributed by atoms with Crippen LogP contribution in [-0.4, -0.2) is 25.3 Å². The van der Waals surface area contributed by atoms with E-state index in [2.05, 4.69) is 26.1 Å². The molecule has 0 radical (unpaired) electrons. The highest BCUT2D eigenvalue weighted by molar-refractivity contribution is 5.11. The molecule has 3 rings (SSSR count). The number of fused-ring (bicyclic) bond motifs is 2. The van der Waals surface area contributed by atoms with E-state index >= 15 is 0 Å². The third kappa shape index (κ3) is 2.25. The monoisotopic (exact) mass is 265 g/mol. The number of rotatable bonds is 5. The predicted molar refractivity (Wildman–Crippen MR) is 79.2 cm³/mol. The molecule has 110 valence electrons. The highest BCUT2D eigenvalue weighted by atomic mass is 16.5. The van der Waals surface area contributed by atoms with Crippen LogP contribution in [0.15, 0.2) is 0 Å². The second-order valence-corrected chi connectivity index (χ2v) is 7.91. The van der Waals surface area contributed by atoms with Gasteiger partial charge in [0.2, 0.25) is 0 Å². The summed E-state index contributed by atoms with van der Waals surface area (Å²) < 4.78 is 6.27. The molecular weight excluding hydrogens is 234 g/mol.